The molecule has 0 saturated carbocycles. The molecule has 2 amide bonds. The zero-order valence-corrected chi connectivity index (χ0v) is 17.4. The molecular weight excluding hydrogens is 378 g/mol. The van der Waals surface area contributed by atoms with Gasteiger partial charge in [-0.1, -0.05) is 42.5 Å². The van der Waals surface area contributed by atoms with Crippen molar-refractivity contribution >= 4 is 28.4 Å². The van der Waals surface area contributed by atoms with Gasteiger partial charge in [-0.2, -0.15) is 5.10 Å². The maximum absolute atomic E-state index is 13.0. The highest BCUT2D eigenvalue weighted by Crippen LogP contribution is 2.36. The first-order chi connectivity index (χ1) is 14.5. The summed E-state index contributed by atoms with van der Waals surface area (Å²) in [7, 11) is 3.99. The van der Waals surface area contributed by atoms with Gasteiger partial charge in [-0.15, -0.1) is 0 Å². The summed E-state index contributed by atoms with van der Waals surface area (Å²) < 4.78 is 1.76. The van der Waals surface area contributed by atoms with E-state index in [9.17, 15) is 9.59 Å². The minimum atomic E-state index is -0.639. The van der Waals surface area contributed by atoms with Crippen LogP contribution >= 0.6 is 0 Å². The summed E-state index contributed by atoms with van der Waals surface area (Å²) in [5.41, 5.74) is 1.10. The van der Waals surface area contributed by atoms with E-state index in [0.717, 1.165) is 35.7 Å². The molecule has 1 N–H and O–H groups in total. The molecule has 1 unspecified atom stereocenters. The molecule has 30 heavy (non-hydrogen) atoms. The number of hydrogen-bond acceptors (Lipinski definition) is 4. The molecule has 7 heteroatoms. The largest absolute Gasteiger partial charge is 0.327 e. The second-order valence-corrected chi connectivity index (χ2v) is 7.95. The van der Waals surface area contributed by atoms with Gasteiger partial charge >= 0.3 is 11.8 Å². The third-order valence-electron chi connectivity index (χ3n) is 5.55. The average Bonchev–Trinajstić information content (AvgIpc) is 3.41. The van der Waals surface area contributed by atoms with Crippen molar-refractivity contribution in [1.82, 2.24) is 19.6 Å². The maximum Gasteiger partial charge on any atom is 0.315 e. The minimum Gasteiger partial charge on any atom is -0.327 e. The number of benzene rings is 2. The molecular formula is C23H27N5O2. The lowest BCUT2D eigenvalue weighted by atomic mass is 9.97. The molecule has 4 rings (SSSR count). The molecule has 1 aliphatic heterocycles. The highest BCUT2D eigenvalue weighted by atomic mass is 16.2. The lowest BCUT2D eigenvalue weighted by Gasteiger charge is -2.25. The predicted octanol–water partition coefficient (Wildman–Crippen LogP) is 2.90. The van der Waals surface area contributed by atoms with Crippen molar-refractivity contribution in [3.05, 3.63) is 60.3 Å². The first kappa shape index (κ1) is 20.1. The van der Waals surface area contributed by atoms with Crippen LogP contribution in [0.4, 0.5) is 5.82 Å². The summed E-state index contributed by atoms with van der Waals surface area (Å²) in [6.07, 6.45) is 3.54. The SMILES string of the molecule is CN(C)CCn1ccc(NC(=O)C(=O)N2CCCC2c2cccc3ccccc23)n1. The lowest BCUT2D eigenvalue weighted by molar-refractivity contribution is -0.143. The van der Waals surface area contributed by atoms with E-state index in [2.05, 4.69) is 39.6 Å². The van der Waals surface area contributed by atoms with Crippen LogP contribution in [0.3, 0.4) is 0 Å². The van der Waals surface area contributed by atoms with Gasteiger partial charge in [-0.25, -0.2) is 0 Å². The topological polar surface area (TPSA) is 70.5 Å². The van der Waals surface area contributed by atoms with Gasteiger partial charge in [0.25, 0.3) is 0 Å². The number of nitrogens with zero attached hydrogens (tertiary/aromatic N) is 4. The Morgan fingerprint density at radius 2 is 1.93 bits per heavy atom. The summed E-state index contributed by atoms with van der Waals surface area (Å²) >= 11 is 0. The van der Waals surface area contributed by atoms with Crippen molar-refractivity contribution < 1.29 is 9.59 Å². The minimum absolute atomic E-state index is 0.0907. The van der Waals surface area contributed by atoms with Crippen LogP contribution in [0.25, 0.3) is 10.8 Å². The molecule has 0 spiro atoms. The molecule has 3 aromatic rings. The molecule has 1 atom stereocenters. The molecule has 2 aromatic carbocycles. The summed E-state index contributed by atoms with van der Waals surface area (Å²) in [6, 6.07) is 15.9. The van der Waals surface area contributed by atoms with Gasteiger partial charge in [0.15, 0.2) is 5.82 Å². The number of anilines is 1. The Kier molecular flexibility index (Phi) is 5.81. The van der Waals surface area contributed by atoms with E-state index in [4.69, 9.17) is 0 Å². The van der Waals surface area contributed by atoms with Gasteiger partial charge in [-0.3, -0.25) is 14.3 Å². The molecule has 2 heterocycles. The third-order valence-corrected chi connectivity index (χ3v) is 5.55. The van der Waals surface area contributed by atoms with Crippen LogP contribution in [0.5, 0.6) is 0 Å². The highest BCUT2D eigenvalue weighted by Gasteiger charge is 2.34. The summed E-state index contributed by atoms with van der Waals surface area (Å²) in [5, 5.41) is 9.27. The fraction of sp³-hybridized carbons (Fsp3) is 0.348. The van der Waals surface area contributed by atoms with E-state index in [1.165, 1.54) is 0 Å². The van der Waals surface area contributed by atoms with E-state index in [0.29, 0.717) is 18.9 Å². The van der Waals surface area contributed by atoms with Gasteiger partial charge in [0.05, 0.1) is 12.6 Å². The molecule has 7 nitrogen and oxygen atoms in total. The number of amides is 2. The van der Waals surface area contributed by atoms with E-state index in [-0.39, 0.29) is 6.04 Å². The van der Waals surface area contributed by atoms with Crippen LogP contribution in [0, 0.1) is 0 Å². The standard InChI is InChI=1S/C23H27N5O2/c1-26(2)15-16-27-14-12-21(25-27)24-22(29)23(30)28-13-6-11-20(28)19-10-5-8-17-7-3-4-9-18(17)19/h3-5,7-10,12,14,20H,6,11,13,15-16H2,1-2H3,(H,24,25,29). The number of nitrogens with one attached hydrogen (secondary N) is 1. The van der Waals surface area contributed by atoms with E-state index in [1.807, 2.05) is 32.3 Å². The van der Waals surface area contributed by atoms with E-state index < -0.39 is 11.8 Å². The predicted molar refractivity (Wildman–Crippen MR) is 117 cm³/mol. The number of likely N-dealkylation sites (N-methyl/N-ethyl adjacent to an activating group) is 1. The first-order valence-corrected chi connectivity index (χ1v) is 10.3. The van der Waals surface area contributed by atoms with Gasteiger partial charge in [0.2, 0.25) is 0 Å². The molecule has 1 fully saturated rings. The fourth-order valence-electron chi connectivity index (χ4n) is 4.03. The van der Waals surface area contributed by atoms with Crippen LogP contribution in [0.1, 0.15) is 24.4 Å². The Bertz CT molecular complexity index is 1050. The van der Waals surface area contributed by atoms with Crippen LogP contribution in [-0.2, 0) is 16.1 Å². The average molecular weight is 406 g/mol. The molecule has 0 bridgehead atoms. The van der Waals surface area contributed by atoms with Crippen LogP contribution in [-0.4, -0.2) is 58.6 Å². The zero-order valence-electron chi connectivity index (χ0n) is 17.4. The lowest BCUT2D eigenvalue weighted by Crippen LogP contribution is -2.39. The number of aromatic nitrogens is 2. The Morgan fingerprint density at radius 3 is 2.77 bits per heavy atom. The first-order valence-electron chi connectivity index (χ1n) is 10.3. The second kappa shape index (κ2) is 8.67. The van der Waals surface area contributed by atoms with Crippen molar-refractivity contribution in [3.63, 3.8) is 0 Å². The van der Waals surface area contributed by atoms with Crippen LogP contribution in [0.15, 0.2) is 54.7 Å². The van der Waals surface area contributed by atoms with Crippen LogP contribution in [0.2, 0.25) is 0 Å². The van der Waals surface area contributed by atoms with Gasteiger partial charge < -0.3 is 15.1 Å². The molecule has 156 valence electrons. The van der Waals surface area contributed by atoms with Gasteiger partial charge in [0.1, 0.15) is 0 Å². The Balaban J connectivity index is 1.47. The van der Waals surface area contributed by atoms with Crippen LogP contribution < -0.4 is 5.32 Å². The van der Waals surface area contributed by atoms with Crippen molar-refractivity contribution in [2.45, 2.75) is 25.4 Å². The van der Waals surface area contributed by atoms with Crippen molar-refractivity contribution in [3.8, 4) is 0 Å². The quantitative estimate of drug-likeness (QED) is 0.663. The molecule has 1 saturated heterocycles. The normalized spacial score (nSPS) is 16.4. The molecule has 1 aliphatic rings. The Morgan fingerprint density at radius 1 is 1.13 bits per heavy atom. The number of rotatable bonds is 5. The van der Waals surface area contributed by atoms with Crippen molar-refractivity contribution in [2.75, 3.05) is 32.5 Å². The monoisotopic (exact) mass is 405 g/mol. The summed E-state index contributed by atoms with van der Waals surface area (Å²) in [6.45, 7) is 2.14. The molecule has 0 radical (unpaired) electrons. The zero-order chi connectivity index (χ0) is 21.1. The highest BCUT2D eigenvalue weighted by molar-refractivity contribution is 6.39. The van der Waals surface area contributed by atoms with E-state index in [1.54, 1.807) is 21.8 Å². The maximum atomic E-state index is 13.0. The van der Waals surface area contributed by atoms with Gasteiger partial charge in [-0.05, 0) is 43.3 Å². The number of fused-ring (bicyclic) bond motifs is 1. The van der Waals surface area contributed by atoms with E-state index >= 15 is 0 Å². The number of likely N-dealkylation sites (tertiary alicyclic amines) is 1. The van der Waals surface area contributed by atoms with Crippen molar-refractivity contribution in [1.29, 1.82) is 0 Å². The second-order valence-electron chi connectivity index (χ2n) is 7.95. The number of carbonyl (C=O) groups is 2. The summed E-state index contributed by atoms with van der Waals surface area (Å²) in [5.74, 6) is -0.749. The Labute approximate surface area is 176 Å². The molecule has 1 aromatic heterocycles. The van der Waals surface area contributed by atoms with Gasteiger partial charge in [0, 0.05) is 25.4 Å². The smallest absolute Gasteiger partial charge is 0.315 e. The number of carbonyl (C=O) groups excluding carboxylic acids is 2. The number of hydrogen-bond donors (Lipinski definition) is 1. The Hall–Kier alpha value is -3.19. The van der Waals surface area contributed by atoms with Crippen molar-refractivity contribution in [2.24, 2.45) is 0 Å². The molecule has 0 aliphatic carbocycles. The fourth-order valence-corrected chi connectivity index (χ4v) is 4.03. The summed E-state index contributed by atoms with van der Waals surface area (Å²) in [4.78, 5) is 29.4. The third kappa shape index (κ3) is 4.21.